The van der Waals surface area contributed by atoms with Gasteiger partial charge in [-0.3, -0.25) is 4.79 Å². The van der Waals surface area contributed by atoms with E-state index in [4.69, 9.17) is 11.5 Å². The number of hydrogen-bond acceptors (Lipinski definition) is 5. The van der Waals surface area contributed by atoms with Crippen LogP contribution in [-0.4, -0.2) is 19.4 Å². The number of aromatic nitrogens is 1. The molecule has 2 rings (SSSR count). The molecule has 0 aliphatic heterocycles. The number of hydrogen-bond donors (Lipinski definition) is 3. The second-order valence-electron chi connectivity index (χ2n) is 4.10. The topological polar surface area (TPSA) is 156 Å². The maximum atomic E-state index is 11.7. The molecule has 114 valence electrons. The zero-order chi connectivity index (χ0) is 16.2. The summed E-state index contributed by atoms with van der Waals surface area (Å²) in [5, 5.41) is 7.81. The van der Waals surface area contributed by atoms with E-state index in [-0.39, 0.29) is 10.5 Å². The summed E-state index contributed by atoms with van der Waals surface area (Å²) in [5.41, 5.74) is 10.8. The molecule has 9 nitrogen and oxygen atoms in total. The Bertz CT molecular complexity index is 859. The van der Waals surface area contributed by atoms with Crippen molar-refractivity contribution in [3.05, 3.63) is 52.9 Å². The summed E-state index contributed by atoms with van der Waals surface area (Å²) < 4.78 is 26.6. The van der Waals surface area contributed by atoms with Crippen molar-refractivity contribution in [1.82, 2.24) is 4.98 Å². The van der Waals surface area contributed by atoms with Crippen LogP contribution in [0.3, 0.4) is 0 Å². The van der Waals surface area contributed by atoms with Crippen LogP contribution in [0.4, 0.5) is 11.4 Å². The summed E-state index contributed by atoms with van der Waals surface area (Å²) in [6.07, 6.45) is 1.41. The van der Waals surface area contributed by atoms with Gasteiger partial charge in [0.05, 0.1) is 10.6 Å². The van der Waals surface area contributed by atoms with Crippen molar-refractivity contribution in [2.24, 2.45) is 26.1 Å². The lowest BCUT2D eigenvalue weighted by Gasteiger charge is -1.99. The first-order valence-corrected chi connectivity index (χ1v) is 7.37. The molecule has 0 atom stereocenters. The van der Waals surface area contributed by atoms with E-state index in [1.165, 1.54) is 42.6 Å². The molecular formula is C12H12N6O3S. The second-order valence-corrected chi connectivity index (χ2v) is 5.70. The number of azo groups is 1. The number of nitrogens with one attached hydrogen (secondary N) is 1. The summed E-state index contributed by atoms with van der Waals surface area (Å²) in [5.74, 6) is -0.540. The zero-order valence-corrected chi connectivity index (χ0v) is 12.0. The molecule has 0 saturated carbocycles. The van der Waals surface area contributed by atoms with Crippen LogP contribution in [-0.2, 0) is 10.0 Å². The van der Waals surface area contributed by atoms with Gasteiger partial charge in [0.25, 0.3) is 10.0 Å². The molecule has 0 aliphatic carbocycles. The largest absolute Gasteiger partial charge is 0.369 e. The van der Waals surface area contributed by atoms with Crippen molar-refractivity contribution >= 4 is 27.4 Å². The second kappa shape index (κ2) is 6.18. The van der Waals surface area contributed by atoms with Crippen LogP contribution < -0.4 is 17.0 Å². The van der Waals surface area contributed by atoms with E-state index >= 15 is 0 Å². The van der Waals surface area contributed by atoms with Crippen LogP contribution in [0, 0.1) is 0 Å². The first kappa shape index (κ1) is 15.4. The maximum Gasteiger partial charge on any atom is 0.285 e. The average Bonchev–Trinajstić information content (AvgIpc) is 2.46. The van der Waals surface area contributed by atoms with Crippen molar-refractivity contribution in [3.63, 3.8) is 0 Å². The highest BCUT2D eigenvalue weighted by Gasteiger charge is 2.12. The molecular weight excluding hydrogens is 308 g/mol. The van der Waals surface area contributed by atoms with Crippen LogP contribution in [0.5, 0.6) is 0 Å². The summed E-state index contributed by atoms with van der Waals surface area (Å²) in [6.45, 7) is 0. The van der Waals surface area contributed by atoms with Crippen LogP contribution in [0.15, 0.2) is 66.9 Å². The molecule has 0 saturated heterocycles. The molecule has 10 heteroatoms. The van der Waals surface area contributed by atoms with Crippen molar-refractivity contribution in [1.29, 1.82) is 0 Å². The Kier molecular flexibility index (Phi) is 4.32. The lowest BCUT2D eigenvalue weighted by molar-refractivity contribution is 0.598. The van der Waals surface area contributed by atoms with Crippen molar-refractivity contribution in [2.45, 2.75) is 4.90 Å². The predicted molar refractivity (Wildman–Crippen MR) is 80.7 cm³/mol. The Labute approximate surface area is 125 Å². The van der Waals surface area contributed by atoms with E-state index in [2.05, 4.69) is 19.6 Å². The summed E-state index contributed by atoms with van der Waals surface area (Å²) in [6, 6.07) is 8.33. The van der Waals surface area contributed by atoms with E-state index in [9.17, 15) is 13.2 Å². The summed E-state index contributed by atoms with van der Waals surface area (Å²) in [7, 11) is -3.92. The fourth-order valence-corrected chi connectivity index (χ4v) is 2.32. The van der Waals surface area contributed by atoms with Gasteiger partial charge in [0.2, 0.25) is 11.5 Å². The van der Waals surface area contributed by atoms with E-state index in [1.54, 1.807) is 0 Å². The Balaban J connectivity index is 2.21. The molecule has 0 fully saturated rings. The fourth-order valence-electron chi connectivity index (χ4n) is 1.46. The first-order chi connectivity index (χ1) is 10.4. The molecule has 2 aromatic rings. The molecule has 0 radical (unpaired) electrons. The number of nitrogens with two attached hydrogens (primary N) is 2. The lowest BCUT2D eigenvalue weighted by atomic mass is 10.3. The lowest BCUT2D eigenvalue weighted by Crippen LogP contribution is -2.24. The molecule has 1 aromatic heterocycles. The Morgan fingerprint density at radius 2 is 1.55 bits per heavy atom. The standard InChI is InChI=1S/C12H12N6O3S/c13-12(14)18-22(20,21)10-4-1-8(2-5-10)16-17-9-3-6-11(19)15-7-9/h1-7H,(H,15,19)(H4,13,14,18). The van der Waals surface area contributed by atoms with Crippen LogP contribution in [0.1, 0.15) is 0 Å². The Morgan fingerprint density at radius 1 is 0.955 bits per heavy atom. The highest BCUT2D eigenvalue weighted by Crippen LogP contribution is 2.20. The van der Waals surface area contributed by atoms with E-state index < -0.39 is 16.0 Å². The fraction of sp³-hybridized carbons (Fsp3) is 0. The van der Waals surface area contributed by atoms with Gasteiger partial charge in [-0.2, -0.15) is 13.5 Å². The molecule has 0 spiro atoms. The van der Waals surface area contributed by atoms with Gasteiger partial charge in [-0.15, -0.1) is 9.51 Å². The SMILES string of the molecule is NC(N)=NS(=O)(=O)c1ccc(N=Nc2ccc(=O)[nH]c2)cc1. The monoisotopic (exact) mass is 320 g/mol. The number of rotatable bonds is 4. The normalized spacial score (nSPS) is 11.5. The number of nitrogens with zero attached hydrogens (tertiary/aromatic N) is 3. The summed E-state index contributed by atoms with van der Waals surface area (Å²) >= 11 is 0. The number of benzene rings is 1. The van der Waals surface area contributed by atoms with Gasteiger partial charge in [-0.05, 0) is 30.3 Å². The van der Waals surface area contributed by atoms with Crippen molar-refractivity contribution in [2.75, 3.05) is 0 Å². The minimum absolute atomic E-state index is 0.0658. The van der Waals surface area contributed by atoms with Crippen LogP contribution in [0.25, 0.3) is 0 Å². The van der Waals surface area contributed by atoms with E-state index in [1.807, 2.05) is 0 Å². The smallest absolute Gasteiger partial charge is 0.285 e. The number of guanidine groups is 1. The minimum Gasteiger partial charge on any atom is -0.369 e. The van der Waals surface area contributed by atoms with Gasteiger partial charge < -0.3 is 16.5 Å². The molecule has 0 amide bonds. The summed E-state index contributed by atoms with van der Waals surface area (Å²) in [4.78, 5) is 13.3. The molecule has 1 heterocycles. The highest BCUT2D eigenvalue weighted by molar-refractivity contribution is 7.90. The van der Waals surface area contributed by atoms with Gasteiger partial charge in [0.15, 0.2) is 0 Å². The quantitative estimate of drug-likeness (QED) is 0.430. The van der Waals surface area contributed by atoms with Gasteiger partial charge in [-0.1, -0.05) is 0 Å². The molecule has 0 bridgehead atoms. The van der Waals surface area contributed by atoms with E-state index in [0.717, 1.165) is 0 Å². The van der Waals surface area contributed by atoms with E-state index in [0.29, 0.717) is 11.4 Å². The third-order valence-corrected chi connectivity index (χ3v) is 3.73. The Hall–Kier alpha value is -3.01. The number of sulfonamides is 1. The van der Waals surface area contributed by atoms with Crippen molar-refractivity contribution < 1.29 is 8.42 Å². The third-order valence-electron chi connectivity index (χ3n) is 2.41. The van der Waals surface area contributed by atoms with Crippen LogP contribution >= 0.6 is 0 Å². The molecule has 5 N–H and O–H groups in total. The molecule has 0 aliphatic rings. The number of aromatic amines is 1. The molecule has 22 heavy (non-hydrogen) atoms. The zero-order valence-electron chi connectivity index (χ0n) is 11.2. The van der Waals surface area contributed by atoms with Crippen molar-refractivity contribution in [3.8, 4) is 0 Å². The number of H-pyrrole nitrogens is 1. The van der Waals surface area contributed by atoms with Crippen LogP contribution in [0.2, 0.25) is 0 Å². The minimum atomic E-state index is -3.92. The van der Waals surface area contributed by atoms with Gasteiger partial charge >= 0.3 is 0 Å². The maximum absolute atomic E-state index is 11.7. The average molecular weight is 320 g/mol. The Morgan fingerprint density at radius 3 is 2.09 bits per heavy atom. The van der Waals surface area contributed by atoms with Gasteiger partial charge in [-0.25, -0.2) is 0 Å². The number of pyridine rings is 1. The molecule has 1 aromatic carbocycles. The third kappa shape index (κ3) is 3.99. The highest BCUT2D eigenvalue weighted by atomic mass is 32.2. The first-order valence-electron chi connectivity index (χ1n) is 5.93. The van der Waals surface area contributed by atoms with Gasteiger partial charge in [0, 0.05) is 12.3 Å². The predicted octanol–water partition coefficient (Wildman–Crippen LogP) is 0.752. The molecule has 0 unspecified atom stereocenters. The van der Waals surface area contributed by atoms with Gasteiger partial charge in [0.1, 0.15) is 5.69 Å².